The summed E-state index contributed by atoms with van der Waals surface area (Å²) in [6, 6.07) is 9.05. The molecular weight excluding hydrogens is 298 g/mol. The molecular formula is C16H19N3O4. The van der Waals surface area contributed by atoms with E-state index in [2.05, 4.69) is 15.5 Å². The lowest BCUT2D eigenvalue weighted by molar-refractivity contribution is -0.137. The first kappa shape index (κ1) is 16.5. The highest BCUT2D eigenvalue weighted by molar-refractivity contribution is 5.93. The van der Waals surface area contributed by atoms with Crippen LogP contribution in [0.4, 0.5) is 0 Å². The van der Waals surface area contributed by atoms with Crippen LogP contribution in [-0.4, -0.2) is 40.8 Å². The lowest BCUT2D eigenvalue weighted by atomic mass is 10.1. The Bertz CT molecular complexity index is 664. The summed E-state index contributed by atoms with van der Waals surface area (Å²) in [5, 5.41) is 18.1. The van der Waals surface area contributed by atoms with Gasteiger partial charge in [-0.3, -0.25) is 14.7 Å². The van der Waals surface area contributed by atoms with E-state index in [1.165, 1.54) is 0 Å². The topological polar surface area (TPSA) is 104 Å². The van der Waals surface area contributed by atoms with Crippen molar-refractivity contribution in [2.75, 3.05) is 13.7 Å². The average Bonchev–Trinajstić information content (AvgIpc) is 3.04. The predicted octanol–water partition coefficient (Wildman–Crippen LogP) is 2.07. The van der Waals surface area contributed by atoms with Gasteiger partial charge in [0.2, 0.25) is 0 Å². The third kappa shape index (κ3) is 4.84. The summed E-state index contributed by atoms with van der Waals surface area (Å²) in [7, 11) is 1.60. The van der Waals surface area contributed by atoms with E-state index in [1.807, 2.05) is 24.3 Å². The zero-order chi connectivity index (χ0) is 16.7. The highest BCUT2D eigenvalue weighted by Gasteiger charge is 2.10. The highest BCUT2D eigenvalue weighted by Crippen LogP contribution is 2.21. The number of carbonyl (C=O) groups excluding carboxylic acids is 1. The first-order chi connectivity index (χ1) is 11.1. The summed E-state index contributed by atoms with van der Waals surface area (Å²) < 4.78 is 5.10. The molecule has 122 valence electrons. The summed E-state index contributed by atoms with van der Waals surface area (Å²) >= 11 is 0. The second kappa shape index (κ2) is 7.98. The SMILES string of the molecule is COc1ccc(-c2cc(C(=O)NCCCCC(=O)O)[nH]n2)cc1. The van der Waals surface area contributed by atoms with Crippen molar-refractivity contribution in [3.63, 3.8) is 0 Å². The number of aromatic nitrogens is 2. The number of ether oxygens (including phenoxy) is 1. The van der Waals surface area contributed by atoms with Crippen molar-refractivity contribution in [3.8, 4) is 17.0 Å². The standard InChI is InChI=1S/C16H19N3O4/c1-23-12-7-5-11(6-8-12)13-10-14(19-18-13)16(22)17-9-3-2-4-15(20)21/h5-8,10H,2-4,9H2,1H3,(H,17,22)(H,18,19)(H,20,21). The maximum Gasteiger partial charge on any atom is 0.303 e. The number of benzene rings is 1. The predicted molar refractivity (Wildman–Crippen MR) is 84.4 cm³/mol. The normalized spacial score (nSPS) is 10.3. The largest absolute Gasteiger partial charge is 0.497 e. The molecule has 0 unspecified atom stereocenters. The molecule has 7 nitrogen and oxygen atoms in total. The van der Waals surface area contributed by atoms with Crippen molar-refractivity contribution < 1.29 is 19.4 Å². The smallest absolute Gasteiger partial charge is 0.303 e. The number of carbonyl (C=O) groups is 2. The van der Waals surface area contributed by atoms with Gasteiger partial charge in [0, 0.05) is 18.5 Å². The molecule has 1 aromatic heterocycles. The summed E-state index contributed by atoms with van der Waals surface area (Å²) in [6.07, 6.45) is 1.27. The van der Waals surface area contributed by atoms with Crippen molar-refractivity contribution >= 4 is 11.9 Å². The Kier molecular flexibility index (Phi) is 5.74. The second-order valence-electron chi connectivity index (χ2n) is 5.00. The zero-order valence-corrected chi connectivity index (χ0v) is 12.8. The van der Waals surface area contributed by atoms with E-state index < -0.39 is 5.97 Å². The third-order valence-corrected chi connectivity index (χ3v) is 3.31. The number of rotatable bonds is 8. The minimum absolute atomic E-state index is 0.113. The number of methoxy groups -OCH3 is 1. The molecule has 0 bridgehead atoms. The van der Waals surface area contributed by atoms with Crippen LogP contribution in [0.5, 0.6) is 5.75 Å². The van der Waals surface area contributed by atoms with Gasteiger partial charge in [-0.15, -0.1) is 0 Å². The van der Waals surface area contributed by atoms with Gasteiger partial charge in [-0.2, -0.15) is 5.10 Å². The number of carboxylic acids is 1. The molecule has 0 radical (unpaired) electrons. The summed E-state index contributed by atoms with van der Waals surface area (Å²) in [6.45, 7) is 0.434. The van der Waals surface area contributed by atoms with Crippen molar-refractivity contribution in [2.45, 2.75) is 19.3 Å². The number of aromatic amines is 1. The van der Waals surface area contributed by atoms with E-state index in [0.717, 1.165) is 11.3 Å². The van der Waals surface area contributed by atoms with Crippen LogP contribution in [0.25, 0.3) is 11.3 Å². The Morgan fingerprint density at radius 3 is 2.65 bits per heavy atom. The van der Waals surface area contributed by atoms with Crippen LogP contribution in [-0.2, 0) is 4.79 Å². The van der Waals surface area contributed by atoms with Crippen LogP contribution in [0.2, 0.25) is 0 Å². The molecule has 0 atom stereocenters. The molecule has 2 rings (SSSR count). The van der Waals surface area contributed by atoms with Crippen molar-refractivity contribution in [1.82, 2.24) is 15.5 Å². The van der Waals surface area contributed by atoms with Gasteiger partial charge < -0.3 is 15.2 Å². The number of hydrogen-bond donors (Lipinski definition) is 3. The fraction of sp³-hybridized carbons (Fsp3) is 0.312. The van der Waals surface area contributed by atoms with Gasteiger partial charge in [0.1, 0.15) is 11.4 Å². The summed E-state index contributed by atoms with van der Waals surface area (Å²) in [5.74, 6) is -0.328. The third-order valence-electron chi connectivity index (χ3n) is 3.31. The van der Waals surface area contributed by atoms with Crippen LogP contribution >= 0.6 is 0 Å². The van der Waals surface area contributed by atoms with Crippen molar-refractivity contribution in [2.24, 2.45) is 0 Å². The van der Waals surface area contributed by atoms with Gasteiger partial charge in [-0.1, -0.05) is 0 Å². The second-order valence-corrected chi connectivity index (χ2v) is 5.00. The number of nitrogens with one attached hydrogen (secondary N) is 2. The molecule has 0 saturated heterocycles. The van der Waals surface area contributed by atoms with E-state index in [1.54, 1.807) is 13.2 Å². The fourth-order valence-electron chi connectivity index (χ4n) is 2.05. The lowest BCUT2D eigenvalue weighted by Crippen LogP contribution is -2.24. The quantitative estimate of drug-likeness (QED) is 0.647. The number of unbranched alkanes of at least 4 members (excludes halogenated alkanes) is 1. The molecule has 0 aliphatic heterocycles. The molecule has 0 aliphatic carbocycles. The summed E-state index contributed by atoms with van der Waals surface area (Å²) in [4.78, 5) is 22.4. The van der Waals surface area contributed by atoms with Gasteiger partial charge in [0.25, 0.3) is 5.91 Å². The number of H-pyrrole nitrogens is 1. The molecule has 1 heterocycles. The van der Waals surface area contributed by atoms with E-state index in [-0.39, 0.29) is 12.3 Å². The molecule has 1 amide bonds. The van der Waals surface area contributed by atoms with Crippen molar-refractivity contribution in [1.29, 1.82) is 0 Å². The van der Waals surface area contributed by atoms with Crippen LogP contribution < -0.4 is 10.1 Å². The molecule has 0 saturated carbocycles. The molecule has 0 spiro atoms. The Morgan fingerprint density at radius 2 is 2.00 bits per heavy atom. The van der Waals surface area contributed by atoms with Gasteiger partial charge in [0.05, 0.1) is 12.8 Å². The van der Waals surface area contributed by atoms with E-state index in [4.69, 9.17) is 9.84 Å². The minimum atomic E-state index is -0.825. The molecule has 1 aromatic carbocycles. The minimum Gasteiger partial charge on any atom is -0.497 e. The Labute approximate surface area is 133 Å². The van der Waals surface area contributed by atoms with Crippen molar-refractivity contribution in [3.05, 3.63) is 36.0 Å². The molecule has 0 aliphatic rings. The van der Waals surface area contributed by atoms with E-state index in [0.29, 0.717) is 30.8 Å². The number of amides is 1. The van der Waals surface area contributed by atoms with Crippen LogP contribution in [0.15, 0.2) is 30.3 Å². The number of carboxylic acid groups (broad SMARTS) is 1. The van der Waals surface area contributed by atoms with Crippen LogP contribution in [0.3, 0.4) is 0 Å². The molecule has 23 heavy (non-hydrogen) atoms. The summed E-state index contributed by atoms with van der Waals surface area (Å²) in [5.41, 5.74) is 1.92. The molecule has 7 heteroatoms. The molecule has 2 aromatic rings. The maximum absolute atomic E-state index is 12.0. The van der Waals surface area contributed by atoms with Gasteiger partial charge in [-0.25, -0.2) is 0 Å². The number of hydrogen-bond acceptors (Lipinski definition) is 4. The van der Waals surface area contributed by atoms with Gasteiger partial charge in [0.15, 0.2) is 0 Å². The monoisotopic (exact) mass is 317 g/mol. The first-order valence-electron chi connectivity index (χ1n) is 7.30. The van der Waals surface area contributed by atoms with E-state index in [9.17, 15) is 9.59 Å². The van der Waals surface area contributed by atoms with Gasteiger partial charge in [-0.05, 0) is 43.2 Å². The van der Waals surface area contributed by atoms with Crippen LogP contribution in [0.1, 0.15) is 29.8 Å². The molecule has 0 fully saturated rings. The van der Waals surface area contributed by atoms with E-state index >= 15 is 0 Å². The average molecular weight is 317 g/mol. The first-order valence-corrected chi connectivity index (χ1v) is 7.30. The number of aliphatic carboxylic acids is 1. The Morgan fingerprint density at radius 1 is 1.26 bits per heavy atom. The zero-order valence-electron chi connectivity index (χ0n) is 12.8. The van der Waals surface area contributed by atoms with Crippen LogP contribution in [0, 0.1) is 0 Å². The van der Waals surface area contributed by atoms with Gasteiger partial charge >= 0.3 is 5.97 Å². The molecule has 3 N–H and O–H groups in total. The fourth-order valence-corrected chi connectivity index (χ4v) is 2.05. The lowest BCUT2D eigenvalue weighted by Gasteiger charge is -2.02. The Hall–Kier alpha value is -2.83. The number of nitrogens with zero attached hydrogens (tertiary/aromatic N) is 1. The maximum atomic E-state index is 12.0. The Balaban J connectivity index is 1.87. The highest BCUT2D eigenvalue weighted by atomic mass is 16.5.